The predicted molar refractivity (Wildman–Crippen MR) is 93.0 cm³/mol. The van der Waals surface area contributed by atoms with E-state index in [0.29, 0.717) is 30.1 Å². The van der Waals surface area contributed by atoms with E-state index >= 15 is 0 Å². The Morgan fingerprint density at radius 2 is 2.12 bits per heavy atom. The van der Waals surface area contributed by atoms with Gasteiger partial charge in [0.2, 0.25) is 5.85 Å². The van der Waals surface area contributed by atoms with Crippen molar-refractivity contribution < 1.29 is 18.6 Å². The third-order valence-electron chi connectivity index (χ3n) is 4.80. The minimum absolute atomic E-state index is 0.0936. The van der Waals surface area contributed by atoms with E-state index in [9.17, 15) is 13.9 Å². The molecule has 0 aliphatic heterocycles. The van der Waals surface area contributed by atoms with Crippen LogP contribution in [0.3, 0.4) is 0 Å². The number of halogens is 2. The average Bonchev–Trinajstić information content (AvgIpc) is 3.30. The molecule has 1 saturated carbocycles. The highest BCUT2D eigenvalue weighted by molar-refractivity contribution is 5.99. The van der Waals surface area contributed by atoms with E-state index < -0.39 is 17.3 Å². The maximum absolute atomic E-state index is 14.1. The lowest BCUT2D eigenvalue weighted by molar-refractivity contribution is -0.0474. The molecule has 1 fully saturated rings. The lowest BCUT2D eigenvalue weighted by Crippen LogP contribution is -2.29. The van der Waals surface area contributed by atoms with Gasteiger partial charge < -0.3 is 19.8 Å². The van der Waals surface area contributed by atoms with Crippen molar-refractivity contribution in [2.45, 2.75) is 57.0 Å². The summed E-state index contributed by atoms with van der Waals surface area (Å²) >= 11 is 0. The SMILES string of the molecule is CC(C)(OC1=CCC(O)(F)C=C1F)c1nc2c(n1C1CC1)C=CC(=N)C2. The van der Waals surface area contributed by atoms with Gasteiger partial charge in [-0.2, -0.15) is 0 Å². The Bertz CT molecular complexity index is 874. The van der Waals surface area contributed by atoms with Gasteiger partial charge in [0.25, 0.3) is 0 Å². The summed E-state index contributed by atoms with van der Waals surface area (Å²) in [6, 6.07) is 0.331. The molecule has 1 unspecified atom stereocenters. The number of aliphatic hydroxyl groups is 1. The van der Waals surface area contributed by atoms with E-state index in [4.69, 9.17) is 15.1 Å². The number of alkyl halides is 1. The van der Waals surface area contributed by atoms with Gasteiger partial charge in [-0.15, -0.1) is 0 Å². The summed E-state index contributed by atoms with van der Waals surface area (Å²) < 4.78 is 35.6. The Balaban J connectivity index is 1.69. The van der Waals surface area contributed by atoms with Crippen LogP contribution in [0.25, 0.3) is 6.08 Å². The van der Waals surface area contributed by atoms with E-state index in [-0.39, 0.29) is 12.2 Å². The Morgan fingerprint density at radius 1 is 1.38 bits per heavy atom. The zero-order chi connectivity index (χ0) is 18.7. The number of allylic oxidation sites excluding steroid dienone is 2. The van der Waals surface area contributed by atoms with Crippen molar-refractivity contribution in [1.29, 1.82) is 5.41 Å². The van der Waals surface area contributed by atoms with Crippen molar-refractivity contribution in [3.8, 4) is 0 Å². The molecular weight excluding hydrogens is 340 g/mol. The molecule has 1 aromatic heterocycles. The zero-order valence-electron chi connectivity index (χ0n) is 14.7. The maximum atomic E-state index is 14.1. The molecule has 7 heteroatoms. The molecule has 0 amide bonds. The molecule has 3 aliphatic carbocycles. The third kappa shape index (κ3) is 3.00. The average molecular weight is 361 g/mol. The fraction of sp³-hybridized carbons (Fsp3) is 0.474. The van der Waals surface area contributed by atoms with Crippen LogP contribution >= 0.6 is 0 Å². The molecule has 0 radical (unpaired) electrons. The summed E-state index contributed by atoms with van der Waals surface area (Å²) in [5.74, 6) is -3.04. The van der Waals surface area contributed by atoms with Crippen LogP contribution in [0.4, 0.5) is 8.78 Å². The number of hydrogen-bond donors (Lipinski definition) is 2. The Kier molecular flexibility index (Phi) is 3.70. The lowest BCUT2D eigenvalue weighted by Gasteiger charge is -2.30. The maximum Gasteiger partial charge on any atom is 0.232 e. The molecule has 138 valence electrons. The largest absolute Gasteiger partial charge is 0.477 e. The normalized spacial score (nSPS) is 25.7. The Hall–Kier alpha value is -2.28. The summed E-state index contributed by atoms with van der Waals surface area (Å²) in [4.78, 5) is 4.71. The number of rotatable bonds is 4. The van der Waals surface area contributed by atoms with Gasteiger partial charge in [-0.05, 0) is 44.9 Å². The van der Waals surface area contributed by atoms with Crippen LogP contribution in [-0.2, 0) is 16.8 Å². The first-order chi connectivity index (χ1) is 12.2. The molecule has 0 spiro atoms. The summed E-state index contributed by atoms with van der Waals surface area (Å²) in [5, 5.41) is 17.2. The first-order valence-electron chi connectivity index (χ1n) is 8.72. The van der Waals surface area contributed by atoms with Crippen LogP contribution < -0.4 is 0 Å². The number of hydrogen-bond acceptors (Lipinski definition) is 4. The molecule has 1 atom stereocenters. The first kappa shape index (κ1) is 17.1. The van der Waals surface area contributed by atoms with Crippen molar-refractivity contribution in [2.75, 3.05) is 0 Å². The van der Waals surface area contributed by atoms with Gasteiger partial charge in [-0.3, -0.25) is 0 Å². The second-order valence-corrected chi connectivity index (χ2v) is 7.60. The van der Waals surface area contributed by atoms with Crippen molar-refractivity contribution in [1.82, 2.24) is 9.55 Å². The van der Waals surface area contributed by atoms with Gasteiger partial charge in [-0.25, -0.2) is 13.8 Å². The van der Waals surface area contributed by atoms with E-state index in [1.165, 1.54) is 6.08 Å². The van der Waals surface area contributed by atoms with Gasteiger partial charge in [-0.1, -0.05) is 0 Å². The fourth-order valence-electron chi connectivity index (χ4n) is 3.41. The molecule has 2 N–H and O–H groups in total. The molecule has 0 bridgehead atoms. The second-order valence-electron chi connectivity index (χ2n) is 7.60. The predicted octanol–water partition coefficient (Wildman–Crippen LogP) is 3.86. The molecule has 4 rings (SSSR count). The second kappa shape index (κ2) is 5.61. The highest BCUT2D eigenvalue weighted by atomic mass is 19.2. The smallest absolute Gasteiger partial charge is 0.232 e. The lowest BCUT2D eigenvalue weighted by atomic mass is 10.1. The van der Waals surface area contributed by atoms with Crippen LogP contribution in [0.2, 0.25) is 0 Å². The van der Waals surface area contributed by atoms with Crippen molar-refractivity contribution in [3.63, 3.8) is 0 Å². The molecule has 26 heavy (non-hydrogen) atoms. The first-order valence-corrected chi connectivity index (χ1v) is 8.72. The van der Waals surface area contributed by atoms with Crippen LogP contribution in [0, 0.1) is 5.41 Å². The number of aromatic nitrogens is 2. The summed E-state index contributed by atoms with van der Waals surface area (Å²) in [5.41, 5.74) is 1.33. The Morgan fingerprint density at radius 3 is 2.77 bits per heavy atom. The monoisotopic (exact) mass is 361 g/mol. The number of ether oxygens (including phenoxy) is 1. The molecule has 5 nitrogen and oxygen atoms in total. The quantitative estimate of drug-likeness (QED) is 0.855. The van der Waals surface area contributed by atoms with E-state index in [1.807, 2.05) is 6.08 Å². The molecule has 0 saturated heterocycles. The van der Waals surface area contributed by atoms with Gasteiger partial charge in [0.05, 0.1) is 11.4 Å². The topological polar surface area (TPSA) is 71.1 Å². The van der Waals surface area contributed by atoms with Crippen LogP contribution in [-0.4, -0.2) is 26.2 Å². The van der Waals surface area contributed by atoms with Gasteiger partial charge in [0.1, 0.15) is 0 Å². The number of nitrogens with zero attached hydrogens (tertiary/aromatic N) is 2. The molecule has 3 aliphatic rings. The summed E-state index contributed by atoms with van der Waals surface area (Å²) in [6.45, 7) is 3.58. The zero-order valence-corrected chi connectivity index (χ0v) is 14.7. The fourth-order valence-corrected chi connectivity index (χ4v) is 3.41. The standard InChI is InChI=1S/C19H21F2N3O2/c1-18(2,26-16-7-8-19(21,25)10-13(16)20)17-23-14-9-11(22)3-6-15(14)24(17)12-4-5-12/h3,6-7,10,12,22,25H,4-5,8-9H2,1-2H3. The minimum Gasteiger partial charge on any atom is -0.477 e. The Labute approximate surface area is 150 Å². The van der Waals surface area contributed by atoms with Crippen LogP contribution in [0.1, 0.15) is 56.4 Å². The van der Waals surface area contributed by atoms with Crippen molar-refractivity contribution in [2.24, 2.45) is 0 Å². The van der Waals surface area contributed by atoms with Gasteiger partial charge in [0, 0.05) is 30.7 Å². The third-order valence-corrected chi connectivity index (χ3v) is 4.80. The highest BCUT2D eigenvalue weighted by Gasteiger charge is 2.39. The molecule has 1 heterocycles. The number of imidazole rings is 1. The van der Waals surface area contributed by atoms with E-state index in [1.54, 1.807) is 19.9 Å². The van der Waals surface area contributed by atoms with Crippen LogP contribution in [0.15, 0.2) is 29.8 Å². The van der Waals surface area contributed by atoms with E-state index in [2.05, 4.69) is 4.57 Å². The van der Waals surface area contributed by atoms with Gasteiger partial charge in [0.15, 0.2) is 23.0 Å². The minimum atomic E-state index is -2.68. The molecule has 1 aromatic rings. The molecular formula is C19H21F2N3O2. The van der Waals surface area contributed by atoms with Crippen molar-refractivity contribution in [3.05, 3.63) is 47.0 Å². The van der Waals surface area contributed by atoms with Gasteiger partial charge >= 0.3 is 0 Å². The highest BCUT2D eigenvalue weighted by Crippen LogP contribution is 2.43. The number of fused-ring (bicyclic) bond motifs is 1. The molecule has 0 aromatic carbocycles. The van der Waals surface area contributed by atoms with E-state index in [0.717, 1.165) is 24.2 Å². The summed E-state index contributed by atoms with van der Waals surface area (Å²) in [6.07, 6.45) is 7.61. The van der Waals surface area contributed by atoms with Crippen LogP contribution in [0.5, 0.6) is 0 Å². The number of nitrogens with one attached hydrogen (secondary N) is 1. The summed E-state index contributed by atoms with van der Waals surface area (Å²) in [7, 11) is 0. The van der Waals surface area contributed by atoms with Crippen molar-refractivity contribution >= 4 is 11.8 Å².